The van der Waals surface area contributed by atoms with Crippen LogP contribution >= 0.6 is 0 Å². The molecule has 3 rings (SSSR count). The number of hydrogen-bond acceptors (Lipinski definition) is 3. The van der Waals surface area contributed by atoms with Gasteiger partial charge in [-0.15, -0.1) is 0 Å². The standard InChI is InChI=1S/C33H47FO3Si/c1-32(2,3)38(5,6)37-24-14-12-10-8-7-9-11-13-23-33(35)30(26-15-18-28(34)19-16-26)21-17-27-25-29(36-4)20-22-31(27)33/h15-16,18-20,22,25,30,35H,7-12,14,17,21,24H2,1-6H3. The predicted octanol–water partition coefficient (Wildman–Crippen LogP) is 8.51. The number of halogens is 1. The fraction of sp³-hybridized carbons (Fsp3) is 0.576. The summed E-state index contributed by atoms with van der Waals surface area (Å²) >= 11 is 0. The molecule has 0 aromatic heterocycles. The number of unbranched alkanes of at least 4 members (excludes halogenated alkanes) is 6. The molecule has 0 fully saturated rings. The van der Waals surface area contributed by atoms with E-state index >= 15 is 0 Å². The van der Waals surface area contributed by atoms with Gasteiger partial charge in [0.15, 0.2) is 13.9 Å². The molecule has 0 saturated carbocycles. The van der Waals surface area contributed by atoms with Crippen molar-refractivity contribution in [2.75, 3.05) is 13.7 Å². The van der Waals surface area contributed by atoms with Gasteiger partial charge in [-0.3, -0.25) is 0 Å². The number of methoxy groups -OCH3 is 1. The van der Waals surface area contributed by atoms with E-state index in [-0.39, 0.29) is 16.8 Å². The molecule has 0 radical (unpaired) electrons. The first-order chi connectivity index (χ1) is 18.0. The van der Waals surface area contributed by atoms with Gasteiger partial charge in [0.25, 0.3) is 0 Å². The lowest BCUT2D eigenvalue weighted by Crippen LogP contribution is -2.40. The normalized spacial score (nSPS) is 19.4. The van der Waals surface area contributed by atoms with Gasteiger partial charge in [-0.05, 0) is 84.8 Å². The molecule has 38 heavy (non-hydrogen) atoms. The molecule has 0 amide bonds. The van der Waals surface area contributed by atoms with Crippen LogP contribution in [0.2, 0.25) is 18.1 Å². The average Bonchev–Trinajstić information content (AvgIpc) is 2.87. The fourth-order valence-corrected chi connectivity index (χ4v) is 6.08. The molecule has 1 aliphatic rings. The molecule has 1 aliphatic carbocycles. The zero-order chi connectivity index (χ0) is 27.8. The monoisotopic (exact) mass is 538 g/mol. The highest BCUT2D eigenvalue weighted by molar-refractivity contribution is 6.74. The van der Waals surface area contributed by atoms with Crippen LogP contribution in [0, 0.1) is 17.7 Å². The summed E-state index contributed by atoms with van der Waals surface area (Å²) < 4.78 is 25.3. The molecule has 2 aromatic carbocycles. The van der Waals surface area contributed by atoms with Gasteiger partial charge in [-0.2, -0.15) is 0 Å². The maximum absolute atomic E-state index is 13.6. The van der Waals surface area contributed by atoms with Crippen LogP contribution in [-0.2, 0) is 16.4 Å². The van der Waals surface area contributed by atoms with E-state index in [4.69, 9.17) is 9.16 Å². The summed E-state index contributed by atoms with van der Waals surface area (Å²) in [5, 5.41) is 12.3. The van der Waals surface area contributed by atoms with Crippen molar-refractivity contribution in [2.24, 2.45) is 0 Å². The Hall–Kier alpha value is -2.13. The minimum absolute atomic E-state index is 0.204. The van der Waals surface area contributed by atoms with Crippen molar-refractivity contribution in [1.29, 1.82) is 0 Å². The van der Waals surface area contributed by atoms with Crippen molar-refractivity contribution in [2.45, 2.75) is 108 Å². The molecule has 0 spiro atoms. The Morgan fingerprint density at radius 1 is 1.00 bits per heavy atom. The molecule has 208 valence electrons. The summed E-state index contributed by atoms with van der Waals surface area (Å²) in [5.41, 5.74) is 1.52. The molecule has 0 heterocycles. The zero-order valence-electron chi connectivity index (χ0n) is 24.3. The average molecular weight is 539 g/mol. The topological polar surface area (TPSA) is 38.7 Å². The Kier molecular flexibility index (Phi) is 10.6. The van der Waals surface area contributed by atoms with Crippen molar-refractivity contribution in [3.05, 3.63) is 65.0 Å². The van der Waals surface area contributed by atoms with Crippen LogP contribution < -0.4 is 4.74 Å². The van der Waals surface area contributed by atoms with Crippen molar-refractivity contribution in [3.8, 4) is 17.6 Å². The van der Waals surface area contributed by atoms with E-state index in [1.807, 2.05) is 18.2 Å². The van der Waals surface area contributed by atoms with Gasteiger partial charge in [0.2, 0.25) is 0 Å². The van der Waals surface area contributed by atoms with Gasteiger partial charge in [0.05, 0.1) is 7.11 Å². The van der Waals surface area contributed by atoms with Gasteiger partial charge in [-0.1, -0.05) is 76.5 Å². The number of benzene rings is 2. The summed E-state index contributed by atoms with van der Waals surface area (Å²) in [6.45, 7) is 12.4. The number of hydrogen-bond donors (Lipinski definition) is 1. The van der Waals surface area contributed by atoms with E-state index in [0.29, 0.717) is 0 Å². The van der Waals surface area contributed by atoms with E-state index in [0.717, 1.165) is 67.6 Å². The van der Waals surface area contributed by atoms with Crippen LogP contribution in [-0.4, -0.2) is 27.1 Å². The van der Waals surface area contributed by atoms with Gasteiger partial charge < -0.3 is 14.3 Å². The van der Waals surface area contributed by atoms with Crippen molar-refractivity contribution < 1.29 is 18.7 Å². The lowest BCUT2D eigenvalue weighted by atomic mass is 9.69. The van der Waals surface area contributed by atoms with E-state index in [1.165, 1.54) is 31.4 Å². The van der Waals surface area contributed by atoms with Crippen LogP contribution in [0.3, 0.4) is 0 Å². The van der Waals surface area contributed by atoms with Gasteiger partial charge in [-0.25, -0.2) is 4.39 Å². The Morgan fingerprint density at radius 3 is 2.32 bits per heavy atom. The molecule has 5 heteroatoms. The second kappa shape index (κ2) is 13.3. The Balaban J connectivity index is 1.53. The Bertz CT molecular complexity index is 1090. The van der Waals surface area contributed by atoms with Gasteiger partial charge >= 0.3 is 0 Å². The van der Waals surface area contributed by atoms with Gasteiger partial charge in [0.1, 0.15) is 11.6 Å². The third-order valence-corrected chi connectivity index (χ3v) is 13.0. The molecule has 0 saturated heterocycles. The lowest BCUT2D eigenvalue weighted by Gasteiger charge is -2.38. The predicted molar refractivity (Wildman–Crippen MR) is 158 cm³/mol. The van der Waals surface area contributed by atoms with E-state index in [2.05, 4.69) is 45.7 Å². The maximum Gasteiger partial charge on any atom is 0.191 e. The number of aliphatic hydroxyl groups is 1. The van der Waals surface area contributed by atoms with Crippen molar-refractivity contribution in [1.82, 2.24) is 0 Å². The molecule has 2 atom stereocenters. The minimum Gasteiger partial charge on any atom is -0.497 e. The maximum atomic E-state index is 13.6. The first-order valence-corrected chi connectivity index (χ1v) is 17.2. The molecule has 1 N–H and O–H groups in total. The van der Waals surface area contributed by atoms with Crippen LogP contribution in [0.25, 0.3) is 0 Å². The van der Waals surface area contributed by atoms with Crippen molar-refractivity contribution in [3.63, 3.8) is 0 Å². The first kappa shape index (κ1) is 30.4. The molecule has 2 aromatic rings. The molecule has 3 nitrogen and oxygen atoms in total. The fourth-order valence-electron chi connectivity index (χ4n) is 4.99. The van der Waals surface area contributed by atoms with Crippen LogP contribution in [0.1, 0.15) is 94.7 Å². The van der Waals surface area contributed by atoms with Crippen molar-refractivity contribution >= 4 is 8.32 Å². The summed E-state index contributed by atoms with van der Waals surface area (Å²) in [6, 6.07) is 12.3. The highest BCUT2D eigenvalue weighted by Gasteiger charge is 2.42. The lowest BCUT2D eigenvalue weighted by molar-refractivity contribution is 0.0565. The quantitative estimate of drug-likeness (QED) is 0.177. The summed E-state index contributed by atoms with van der Waals surface area (Å²) in [4.78, 5) is 0. The minimum atomic E-state index is -1.63. The zero-order valence-corrected chi connectivity index (χ0v) is 25.3. The smallest absolute Gasteiger partial charge is 0.191 e. The van der Waals surface area contributed by atoms with E-state index < -0.39 is 13.9 Å². The molecule has 2 unspecified atom stereocenters. The second-order valence-corrected chi connectivity index (χ2v) is 17.0. The van der Waals surface area contributed by atoms with E-state index in [1.54, 1.807) is 19.2 Å². The molecular weight excluding hydrogens is 491 g/mol. The third-order valence-electron chi connectivity index (χ3n) is 8.45. The molecular formula is C33H47FO3Si. The highest BCUT2D eigenvalue weighted by atomic mass is 28.4. The van der Waals surface area contributed by atoms with Crippen LogP contribution in [0.5, 0.6) is 5.75 Å². The molecule has 0 aliphatic heterocycles. The highest BCUT2D eigenvalue weighted by Crippen LogP contribution is 2.46. The SMILES string of the molecule is COc1ccc2c(c1)CCC(c1ccc(F)cc1)C2(O)C#CCCCCCCCCO[Si](C)(C)C(C)(C)C. The largest absolute Gasteiger partial charge is 0.497 e. The number of rotatable bonds is 11. The number of ether oxygens (including phenoxy) is 1. The number of aryl methyl sites for hydroxylation is 1. The van der Waals surface area contributed by atoms with E-state index in [9.17, 15) is 9.50 Å². The van der Waals surface area contributed by atoms with Gasteiger partial charge in [0, 0.05) is 18.9 Å². The summed E-state index contributed by atoms with van der Waals surface area (Å²) in [5.74, 6) is 6.86. The summed E-state index contributed by atoms with van der Waals surface area (Å²) in [7, 11) is 0.0230. The Morgan fingerprint density at radius 2 is 1.66 bits per heavy atom. The number of fused-ring (bicyclic) bond motifs is 1. The van der Waals surface area contributed by atoms with Crippen LogP contribution in [0.15, 0.2) is 42.5 Å². The van der Waals surface area contributed by atoms with Crippen LogP contribution in [0.4, 0.5) is 4.39 Å². The molecule has 0 bridgehead atoms. The Labute approximate surface area is 231 Å². The third kappa shape index (κ3) is 7.71. The summed E-state index contributed by atoms with van der Waals surface area (Å²) in [6.07, 6.45) is 9.26. The first-order valence-electron chi connectivity index (χ1n) is 14.3. The second-order valence-electron chi connectivity index (χ2n) is 12.2.